The third-order valence-electron chi connectivity index (χ3n) is 1.09. The van der Waals surface area contributed by atoms with E-state index in [9.17, 15) is 9.59 Å². The van der Waals surface area contributed by atoms with Crippen LogP contribution in [0.15, 0.2) is 16.7 Å². The molecule has 0 spiro atoms. The minimum Gasteiger partial charge on any atom is -0.478 e. The molecule has 6 nitrogen and oxygen atoms in total. The van der Waals surface area contributed by atoms with Gasteiger partial charge in [-0.05, 0) is 6.07 Å². The Labute approximate surface area is 73.0 Å². The summed E-state index contributed by atoms with van der Waals surface area (Å²) < 4.78 is 4.41. The molecule has 0 aliphatic rings. The highest BCUT2D eigenvalue weighted by Crippen LogP contribution is 2.09. The maximum absolute atomic E-state index is 10.3. The van der Waals surface area contributed by atoms with Crippen LogP contribution in [0.3, 0.4) is 0 Å². The van der Waals surface area contributed by atoms with E-state index >= 15 is 0 Å². The van der Waals surface area contributed by atoms with Crippen LogP contribution in [-0.2, 0) is 0 Å². The van der Waals surface area contributed by atoms with Crippen LogP contribution in [0.4, 0.5) is 0 Å². The molecule has 1 rings (SSSR count). The van der Waals surface area contributed by atoms with E-state index in [4.69, 9.17) is 15.3 Å². The van der Waals surface area contributed by atoms with E-state index in [1.807, 2.05) is 0 Å². The molecule has 0 saturated heterocycles. The molecule has 13 heavy (non-hydrogen) atoms. The highest BCUT2D eigenvalue weighted by molar-refractivity contribution is 5.99. The molecule has 1 aromatic heterocycles. The zero-order chi connectivity index (χ0) is 10.4. The minimum atomic E-state index is -1.38. The van der Waals surface area contributed by atoms with Crippen molar-refractivity contribution < 1.29 is 29.3 Å². The fraction of sp³-hybridized carbons (Fsp3) is 0.143. The summed E-state index contributed by atoms with van der Waals surface area (Å²) in [5.41, 5.74) is -0.336. The minimum absolute atomic E-state index is 0.336. The second-order valence-electron chi connectivity index (χ2n) is 1.77. The van der Waals surface area contributed by atoms with Crippen LogP contribution in [0.2, 0.25) is 0 Å². The van der Waals surface area contributed by atoms with Crippen molar-refractivity contribution in [2.45, 2.75) is 0 Å². The molecule has 0 aliphatic heterocycles. The maximum atomic E-state index is 10.3. The molecular formula is C7H8O6. The molecule has 6 heteroatoms. The summed E-state index contributed by atoms with van der Waals surface area (Å²) in [4.78, 5) is 20.5. The van der Waals surface area contributed by atoms with Crippen molar-refractivity contribution in [1.82, 2.24) is 0 Å². The number of carboxylic acids is 2. The number of hydrogen-bond donors (Lipinski definition) is 3. The first kappa shape index (κ1) is 11.2. The van der Waals surface area contributed by atoms with Crippen molar-refractivity contribution in [2.24, 2.45) is 0 Å². The first-order chi connectivity index (χ1) is 6.13. The summed E-state index contributed by atoms with van der Waals surface area (Å²) >= 11 is 0. The molecule has 0 bridgehead atoms. The van der Waals surface area contributed by atoms with Gasteiger partial charge >= 0.3 is 11.9 Å². The highest BCUT2D eigenvalue weighted by atomic mass is 16.4. The number of furan rings is 1. The Kier molecular flexibility index (Phi) is 4.25. The Balaban J connectivity index is 0.000000671. The fourth-order valence-corrected chi connectivity index (χ4v) is 0.643. The van der Waals surface area contributed by atoms with Gasteiger partial charge in [-0.1, -0.05) is 0 Å². The van der Waals surface area contributed by atoms with Gasteiger partial charge in [0.05, 0.1) is 6.26 Å². The zero-order valence-corrected chi connectivity index (χ0v) is 6.72. The van der Waals surface area contributed by atoms with Crippen molar-refractivity contribution in [2.75, 3.05) is 7.11 Å². The van der Waals surface area contributed by atoms with E-state index in [-0.39, 0.29) is 5.56 Å². The summed E-state index contributed by atoms with van der Waals surface area (Å²) in [6.07, 6.45) is 1.02. The van der Waals surface area contributed by atoms with Gasteiger partial charge in [0.25, 0.3) is 0 Å². The lowest BCUT2D eigenvalue weighted by molar-refractivity contribution is 0.0626. The predicted octanol–water partition coefficient (Wildman–Crippen LogP) is 0.285. The van der Waals surface area contributed by atoms with Gasteiger partial charge in [0.2, 0.25) is 5.76 Å². The lowest BCUT2D eigenvalue weighted by atomic mass is 10.2. The third-order valence-corrected chi connectivity index (χ3v) is 1.09. The van der Waals surface area contributed by atoms with Crippen LogP contribution in [0.25, 0.3) is 0 Å². The summed E-state index contributed by atoms with van der Waals surface area (Å²) in [6.45, 7) is 0. The van der Waals surface area contributed by atoms with Crippen molar-refractivity contribution >= 4 is 11.9 Å². The number of hydrogen-bond acceptors (Lipinski definition) is 4. The number of aromatic carboxylic acids is 2. The first-order valence-corrected chi connectivity index (χ1v) is 3.11. The van der Waals surface area contributed by atoms with Crippen LogP contribution < -0.4 is 0 Å². The molecule has 1 aromatic rings. The molecular weight excluding hydrogens is 180 g/mol. The molecule has 0 unspecified atom stereocenters. The van der Waals surface area contributed by atoms with Gasteiger partial charge in [-0.15, -0.1) is 0 Å². The van der Waals surface area contributed by atoms with Crippen molar-refractivity contribution in [3.63, 3.8) is 0 Å². The number of rotatable bonds is 2. The van der Waals surface area contributed by atoms with E-state index in [0.717, 1.165) is 19.4 Å². The molecule has 0 aromatic carbocycles. The number of aliphatic hydroxyl groups excluding tert-OH is 1. The fourth-order valence-electron chi connectivity index (χ4n) is 0.643. The van der Waals surface area contributed by atoms with Crippen molar-refractivity contribution in [3.8, 4) is 0 Å². The first-order valence-electron chi connectivity index (χ1n) is 3.11. The number of carbonyl (C=O) groups is 2. The maximum Gasteiger partial charge on any atom is 0.372 e. The van der Waals surface area contributed by atoms with Crippen molar-refractivity contribution in [3.05, 3.63) is 23.7 Å². The van der Waals surface area contributed by atoms with Crippen LogP contribution in [0.1, 0.15) is 20.9 Å². The molecule has 0 saturated carbocycles. The molecule has 72 valence electrons. The van der Waals surface area contributed by atoms with E-state index < -0.39 is 17.7 Å². The van der Waals surface area contributed by atoms with Gasteiger partial charge in [0.1, 0.15) is 5.56 Å². The standard InChI is InChI=1S/C6H4O5.CH4O/c7-5(8)3-1-2-11-4(3)6(9)10;1-2/h1-2H,(H,7,8)(H,9,10);2H,1H3. The van der Waals surface area contributed by atoms with Gasteiger partial charge in [-0.2, -0.15) is 0 Å². The van der Waals surface area contributed by atoms with Gasteiger partial charge in [0, 0.05) is 7.11 Å². The topological polar surface area (TPSA) is 108 Å². The van der Waals surface area contributed by atoms with E-state index in [2.05, 4.69) is 4.42 Å². The lowest BCUT2D eigenvalue weighted by Crippen LogP contribution is -2.03. The highest BCUT2D eigenvalue weighted by Gasteiger charge is 2.18. The Morgan fingerprint density at radius 2 is 1.77 bits per heavy atom. The van der Waals surface area contributed by atoms with Crippen LogP contribution in [0.5, 0.6) is 0 Å². The van der Waals surface area contributed by atoms with Crippen LogP contribution in [-0.4, -0.2) is 34.4 Å². The van der Waals surface area contributed by atoms with Crippen molar-refractivity contribution in [1.29, 1.82) is 0 Å². The molecule has 0 atom stereocenters. The largest absolute Gasteiger partial charge is 0.478 e. The smallest absolute Gasteiger partial charge is 0.372 e. The SMILES string of the molecule is CO.O=C(O)c1ccoc1C(=O)O. The normalized spacial score (nSPS) is 8.46. The van der Waals surface area contributed by atoms with Gasteiger partial charge in [-0.25, -0.2) is 9.59 Å². The van der Waals surface area contributed by atoms with Gasteiger partial charge in [0.15, 0.2) is 0 Å². The van der Waals surface area contributed by atoms with E-state index in [1.54, 1.807) is 0 Å². The van der Waals surface area contributed by atoms with Gasteiger partial charge in [-0.3, -0.25) is 0 Å². The average Bonchev–Trinajstić information content (AvgIpc) is 2.55. The monoisotopic (exact) mass is 188 g/mol. The van der Waals surface area contributed by atoms with Crippen LogP contribution in [0, 0.1) is 0 Å². The third kappa shape index (κ3) is 2.60. The van der Waals surface area contributed by atoms with E-state index in [1.165, 1.54) is 0 Å². The van der Waals surface area contributed by atoms with Gasteiger partial charge < -0.3 is 19.7 Å². The molecule has 0 radical (unpaired) electrons. The quantitative estimate of drug-likeness (QED) is 0.615. The Hall–Kier alpha value is -1.82. The predicted molar refractivity (Wildman–Crippen MR) is 40.8 cm³/mol. The second-order valence-corrected chi connectivity index (χ2v) is 1.77. The summed E-state index contributed by atoms with van der Waals surface area (Å²) in [6, 6.07) is 1.09. The lowest BCUT2D eigenvalue weighted by Gasteiger charge is -1.88. The Bertz CT molecular complexity index is 271. The number of carboxylic acid groups (broad SMARTS) is 2. The van der Waals surface area contributed by atoms with E-state index in [0.29, 0.717) is 0 Å². The molecule has 0 fully saturated rings. The summed E-state index contributed by atoms with van der Waals surface area (Å²) in [7, 11) is 1.00. The molecule has 0 amide bonds. The summed E-state index contributed by atoms with van der Waals surface area (Å²) in [5, 5.41) is 23.7. The average molecular weight is 188 g/mol. The Morgan fingerprint density at radius 3 is 2.08 bits per heavy atom. The summed E-state index contributed by atoms with van der Waals surface area (Å²) in [5.74, 6) is -3.24. The molecule has 3 N–H and O–H groups in total. The second kappa shape index (κ2) is 4.94. The van der Waals surface area contributed by atoms with Crippen LogP contribution >= 0.6 is 0 Å². The molecule has 1 heterocycles. The Morgan fingerprint density at radius 1 is 1.23 bits per heavy atom. The number of aliphatic hydroxyl groups is 1. The molecule has 0 aliphatic carbocycles. The zero-order valence-electron chi connectivity index (χ0n) is 6.72.